The number of nitrogens with zero attached hydrogens (tertiary/aromatic N) is 2. The second kappa shape index (κ2) is 4.23. The predicted molar refractivity (Wildman–Crippen MR) is 67.3 cm³/mol. The maximum absolute atomic E-state index is 12.9. The van der Waals surface area contributed by atoms with Gasteiger partial charge in [-0.15, -0.1) is 0 Å². The lowest BCUT2D eigenvalue weighted by atomic mass is 9.80. The zero-order valence-corrected chi connectivity index (χ0v) is 11.2. The standard InChI is InChI=1S/C14H18F3N3/c15-14(16,17)13-10-4-3-9-6-20(5-8-1-2-8)7-11(9)12(10)18-19-13/h8-9,11H,1-7H2,(H,18,19)/t9-,11+/m1/s1. The molecule has 20 heavy (non-hydrogen) atoms. The van der Waals surface area contributed by atoms with E-state index in [1.165, 1.54) is 12.8 Å². The van der Waals surface area contributed by atoms with Crippen molar-refractivity contribution in [2.24, 2.45) is 11.8 Å². The molecule has 1 saturated carbocycles. The Hall–Kier alpha value is -1.04. The quantitative estimate of drug-likeness (QED) is 0.906. The molecule has 1 aromatic rings. The Bertz CT molecular complexity index is 518. The average molecular weight is 285 g/mol. The number of hydrogen-bond donors (Lipinski definition) is 1. The van der Waals surface area contributed by atoms with Crippen LogP contribution in [0.2, 0.25) is 0 Å². The molecule has 0 unspecified atom stereocenters. The number of H-pyrrole nitrogens is 1. The van der Waals surface area contributed by atoms with Gasteiger partial charge >= 0.3 is 6.18 Å². The molecule has 0 spiro atoms. The fourth-order valence-corrected chi connectivity index (χ4v) is 3.90. The van der Waals surface area contributed by atoms with E-state index in [2.05, 4.69) is 15.1 Å². The minimum atomic E-state index is -4.33. The topological polar surface area (TPSA) is 31.9 Å². The van der Waals surface area contributed by atoms with Crippen LogP contribution in [0.25, 0.3) is 0 Å². The molecule has 2 atom stereocenters. The highest BCUT2D eigenvalue weighted by atomic mass is 19.4. The van der Waals surface area contributed by atoms with E-state index in [9.17, 15) is 13.2 Å². The molecule has 110 valence electrons. The lowest BCUT2D eigenvalue weighted by Gasteiger charge is -2.24. The predicted octanol–water partition coefficient (Wildman–Crippen LogP) is 2.80. The molecule has 2 heterocycles. The third-order valence-electron chi connectivity index (χ3n) is 5.03. The van der Waals surface area contributed by atoms with Crippen molar-refractivity contribution in [3.05, 3.63) is 17.0 Å². The summed E-state index contributed by atoms with van der Waals surface area (Å²) < 4.78 is 38.8. The Balaban J connectivity index is 1.58. The van der Waals surface area contributed by atoms with Crippen LogP contribution in [-0.2, 0) is 12.6 Å². The molecule has 3 aliphatic rings. The molecule has 0 amide bonds. The molecule has 6 heteroatoms. The highest BCUT2D eigenvalue weighted by Crippen LogP contribution is 2.45. The normalized spacial score (nSPS) is 30.4. The van der Waals surface area contributed by atoms with Gasteiger partial charge in [0.25, 0.3) is 0 Å². The van der Waals surface area contributed by atoms with Crippen molar-refractivity contribution < 1.29 is 13.2 Å². The molecule has 2 aliphatic carbocycles. The zero-order chi connectivity index (χ0) is 13.9. The van der Waals surface area contributed by atoms with E-state index < -0.39 is 11.9 Å². The lowest BCUT2D eigenvalue weighted by Crippen LogP contribution is -2.23. The van der Waals surface area contributed by atoms with Crippen molar-refractivity contribution in [2.75, 3.05) is 19.6 Å². The van der Waals surface area contributed by atoms with Crippen molar-refractivity contribution in [1.29, 1.82) is 0 Å². The van der Waals surface area contributed by atoms with E-state index >= 15 is 0 Å². The summed E-state index contributed by atoms with van der Waals surface area (Å²) in [6.45, 7) is 3.07. The second-order valence-electron chi connectivity index (χ2n) is 6.53. The van der Waals surface area contributed by atoms with Crippen LogP contribution in [-0.4, -0.2) is 34.7 Å². The molecule has 2 fully saturated rings. The van der Waals surface area contributed by atoms with Gasteiger partial charge in [-0.2, -0.15) is 18.3 Å². The van der Waals surface area contributed by atoms with Gasteiger partial charge in [-0.3, -0.25) is 5.10 Å². The van der Waals surface area contributed by atoms with Gasteiger partial charge in [0, 0.05) is 36.8 Å². The smallest absolute Gasteiger partial charge is 0.302 e. The monoisotopic (exact) mass is 285 g/mol. The number of likely N-dealkylation sites (tertiary alicyclic amines) is 1. The van der Waals surface area contributed by atoms with Crippen molar-refractivity contribution >= 4 is 0 Å². The highest BCUT2D eigenvalue weighted by molar-refractivity contribution is 5.34. The minimum absolute atomic E-state index is 0.223. The number of alkyl halides is 3. The third-order valence-corrected chi connectivity index (χ3v) is 5.03. The summed E-state index contributed by atoms with van der Waals surface area (Å²) in [7, 11) is 0. The lowest BCUT2D eigenvalue weighted by molar-refractivity contribution is -0.141. The fourth-order valence-electron chi connectivity index (χ4n) is 3.90. The van der Waals surface area contributed by atoms with Crippen LogP contribution in [0.15, 0.2) is 0 Å². The zero-order valence-electron chi connectivity index (χ0n) is 11.2. The third kappa shape index (κ3) is 2.05. The van der Waals surface area contributed by atoms with Crippen LogP contribution in [0.5, 0.6) is 0 Å². The summed E-state index contributed by atoms with van der Waals surface area (Å²) in [5.41, 5.74) is 0.491. The molecular weight excluding hydrogens is 267 g/mol. The van der Waals surface area contributed by atoms with E-state index in [0.29, 0.717) is 17.9 Å². The first-order valence-electron chi connectivity index (χ1n) is 7.39. The molecule has 3 nitrogen and oxygen atoms in total. The summed E-state index contributed by atoms with van der Waals surface area (Å²) in [5, 5.41) is 6.26. The second-order valence-corrected chi connectivity index (χ2v) is 6.53. The summed E-state index contributed by atoms with van der Waals surface area (Å²) in [6, 6.07) is 0. The molecule has 1 saturated heterocycles. The first-order chi connectivity index (χ1) is 9.52. The Kier molecular flexibility index (Phi) is 2.68. The van der Waals surface area contributed by atoms with Crippen molar-refractivity contribution in [3.8, 4) is 0 Å². The average Bonchev–Trinajstić information content (AvgIpc) is 2.90. The van der Waals surface area contributed by atoms with E-state index in [-0.39, 0.29) is 5.92 Å². The number of fused-ring (bicyclic) bond motifs is 3. The fraction of sp³-hybridized carbons (Fsp3) is 0.786. The SMILES string of the molecule is FC(F)(F)c1n[nH]c2c1CC[C@@H]1CN(CC3CC3)C[C@H]21. The summed E-state index contributed by atoms with van der Waals surface area (Å²) in [4.78, 5) is 2.44. The number of halogens is 3. The largest absolute Gasteiger partial charge is 0.435 e. The first-order valence-corrected chi connectivity index (χ1v) is 7.39. The van der Waals surface area contributed by atoms with Gasteiger partial charge in [-0.25, -0.2) is 0 Å². The number of aromatic nitrogens is 2. The first kappa shape index (κ1) is 12.7. The van der Waals surface area contributed by atoms with E-state index in [0.717, 1.165) is 37.7 Å². The maximum Gasteiger partial charge on any atom is 0.435 e. The highest BCUT2D eigenvalue weighted by Gasteiger charge is 2.45. The molecule has 1 N–H and O–H groups in total. The molecule has 4 rings (SSSR count). The summed E-state index contributed by atoms with van der Waals surface area (Å²) in [5.74, 6) is 1.56. The molecule has 1 aliphatic heterocycles. The van der Waals surface area contributed by atoms with E-state index in [1.807, 2.05) is 0 Å². The Morgan fingerprint density at radius 2 is 2.00 bits per heavy atom. The van der Waals surface area contributed by atoms with Crippen molar-refractivity contribution in [3.63, 3.8) is 0 Å². The molecule has 1 aromatic heterocycles. The van der Waals surface area contributed by atoms with Crippen LogP contribution in [0.3, 0.4) is 0 Å². The van der Waals surface area contributed by atoms with Gasteiger partial charge in [-0.1, -0.05) is 0 Å². The molecular formula is C14H18F3N3. The van der Waals surface area contributed by atoms with Crippen LogP contribution < -0.4 is 0 Å². The van der Waals surface area contributed by atoms with E-state index in [4.69, 9.17) is 0 Å². The van der Waals surface area contributed by atoms with Crippen LogP contribution >= 0.6 is 0 Å². The van der Waals surface area contributed by atoms with Gasteiger partial charge in [0.15, 0.2) is 5.69 Å². The van der Waals surface area contributed by atoms with Crippen LogP contribution in [0, 0.1) is 11.8 Å². The summed E-state index contributed by atoms with van der Waals surface area (Å²) in [6.07, 6.45) is -0.317. The molecule has 0 aromatic carbocycles. The van der Waals surface area contributed by atoms with Crippen LogP contribution in [0.1, 0.15) is 42.1 Å². The minimum Gasteiger partial charge on any atom is -0.302 e. The van der Waals surface area contributed by atoms with Gasteiger partial charge < -0.3 is 4.90 Å². The Labute approximate surface area is 115 Å². The van der Waals surface area contributed by atoms with Gasteiger partial charge in [-0.05, 0) is 37.5 Å². The Morgan fingerprint density at radius 3 is 2.70 bits per heavy atom. The number of aromatic amines is 1. The van der Waals surface area contributed by atoms with E-state index in [1.54, 1.807) is 0 Å². The van der Waals surface area contributed by atoms with Crippen LogP contribution in [0.4, 0.5) is 13.2 Å². The van der Waals surface area contributed by atoms with Crippen molar-refractivity contribution in [2.45, 2.75) is 37.8 Å². The molecule has 0 radical (unpaired) electrons. The number of nitrogens with one attached hydrogen (secondary N) is 1. The van der Waals surface area contributed by atoms with Crippen molar-refractivity contribution in [1.82, 2.24) is 15.1 Å². The number of rotatable bonds is 2. The maximum atomic E-state index is 12.9. The Morgan fingerprint density at radius 1 is 1.20 bits per heavy atom. The molecule has 0 bridgehead atoms. The van der Waals surface area contributed by atoms with Gasteiger partial charge in [0.2, 0.25) is 0 Å². The number of hydrogen-bond acceptors (Lipinski definition) is 2. The van der Waals surface area contributed by atoms with Gasteiger partial charge in [0.05, 0.1) is 0 Å². The van der Waals surface area contributed by atoms with Gasteiger partial charge in [0.1, 0.15) is 0 Å². The summed E-state index contributed by atoms with van der Waals surface area (Å²) >= 11 is 0.